The van der Waals surface area contributed by atoms with Crippen LogP contribution in [0.15, 0.2) is 46.6 Å². The highest BCUT2D eigenvalue weighted by Gasteiger charge is 2.17. The molecular weight excluding hydrogens is 412 g/mol. The lowest BCUT2D eigenvalue weighted by atomic mass is 9.96. The molecule has 2 aromatic heterocycles. The summed E-state index contributed by atoms with van der Waals surface area (Å²) in [6.07, 6.45) is 0. The van der Waals surface area contributed by atoms with Crippen LogP contribution >= 0.6 is 11.3 Å². The van der Waals surface area contributed by atoms with Crippen molar-refractivity contribution < 1.29 is 18.2 Å². The van der Waals surface area contributed by atoms with Crippen LogP contribution in [0, 0.1) is 0 Å². The van der Waals surface area contributed by atoms with E-state index in [9.17, 15) is 13.6 Å². The number of ether oxygens (including phenoxy) is 2. The third-order valence-electron chi connectivity index (χ3n) is 4.73. The number of aromatic amines is 1. The third kappa shape index (κ3) is 3.53. The molecular formula is C20H17N2O5S2-. The van der Waals surface area contributed by atoms with E-state index >= 15 is 0 Å². The number of aromatic nitrogens is 1. The van der Waals surface area contributed by atoms with Gasteiger partial charge in [0.1, 0.15) is 16.2 Å². The summed E-state index contributed by atoms with van der Waals surface area (Å²) in [5, 5.41) is 3.63. The largest absolute Gasteiger partial charge is 0.760 e. The van der Waals surface area contributed by atoms with E-state index in [0.29, 0.717) is 27.3 Å². The number of pyridine rings is 1. The number of methoxy groups -OCH3 is 2. The zero-order valence-electron chi connectivity index (χ0n) is 15.6. The van der Waals surface area contributed by atoms with Crippen LogP contribution in [0.5, 0.6) is 11.5 Å². The lowest BCUT2D eigenvalue weighted by Crippen LogP contribution is -2.16. The van der Waals surface area contributed by atoms with E-state index in [0.717, 1.165) is 21.9 Å². The maximum Gasteiger partial charge on any atom is 0.266 e. The summed E-state index contributed by atoms with van der Waals surface area (Å²) < 4.78 is 35.7. The Morgan fingerprint density at radius 3 is 2.66 bits per heavy atom. The predicted molar refractivity (Wildman–Crippen MR) is 114 cm³/mol. The van der Waals surface area contributed by atoms with Gasteiger partial charge in [0, 0.05) is 45.2 Å². The molecule has 29 heavy (non-hydrogen) atoms. The molecule has 0 spiro atoms. The first kappa shape index (κ1) is 19.6. The molecule has 150 valence electrons. The van der Waals surface area contributed by atoms with Gasteiger partial charge in [-0.1, -0.05) is 12.1 Å². The van der Waals surface area contributed by atoms with Crippen molar-refractivity contribution >= 4 is 43.6 Å². The minimum absolute atomic E-state index is 0.119. The number of H-pyrrole nitrogens is 1. The van der Waals surface area contributed by atoms with Crippen molar-refractivity contribution in [1.82, 2.24) is 9.71 Å². The van der Waals surface area contributed by atoms with E-state index in [1.807, 2.05) is 41.8 Å². The second kappa shape index (κ2) is 7.96. The summed E-state index contributed by atoms with van der Waals surface area (Å²) in [5.41, 5.74) is 2.95. The van der Waals surface area contributed by atoms with Gasteiger partial charge in [0.15, 0.2) is 0 Å². The first-order valence-corrected chi connectivity index (χ1v) is 10.6. The SMILES string of the molecule is COc1cc(-c2c(OC)ccc3[nH]c(=O)c4sccc4c23)ccc1CNS(=O)[O-]. The van der Waals surface area contributed by atoms with Gasteiger partial charge in [-0.05, 0) is 35.2 Å². The average molecular weight is 429 g/mol. The number of nitrogens with one attached hydrogen (secondary N) is 2. The number of benzene rings is 2. The van der Waals surface area contributed by atoms with Crippen molar-refractivity contribution in [3.05, 3.63) is 57.7 Å². The van der Waals surface area contributed by atoms with Gasteiger partial charge in [0.05, 0.1) is 14.2 Å². The van der Waals surface area contributed by atoms with Crippen LogP contribution in [0.3, 0.4) is 0 Å². The Bertz CT molecular complexity index is 1300. The fourth-order valence-corrected chi connectivity index (χ4v) is 4.54. The van der Waals surface area contributed by atoms with Crippen LogP contribution in [0.25, 0.3) is 32.1 Å². The highest BCUT2D eigenvalue weighted by molar-refractivity contribution is 7.77. The minimum atomic E-state index is -2.36. The quantitative estimate of drug-likeness (QED) is 0.458. The number of rotatable bonds is 6. The summed E-state index contributed by atoms with van der Waals surface area (Å²) >= 11 is -0.973. The third-order valence-corrected chi connectivity index (χ3v) is 6.03. The van der Waals surface area contributed by atoms with Gasteiger partial charge in [-0.2, -0.15) is 0 Å². The highest BCUT2D eigenvalue weighted by Crippen LogP contribution is 2.41. The molecule has 0 bridgehead atoms. The fraction of sp³-hybridized carbons (Fsp3) is 0.150. The molecule has 0 fully saturated rings. The normalized spacial score (nSPS) is 12.4. The van der Waals surface area contributed by atoms with E-state index < -0.39 is 11.3 Å². The molecule has 2 N–H and O–H groups in total. The Morgan fingerprint density at radius 1 is 1.14 bits per heavy atom. The van der Waals surface area contributed by atoms with Crippen LogP contribution in [-0.2, 0) is 17.8 Å². The summed E-state index contributed by atoms with van der Waals surface area (Å²) in [4.78, 5) is 15.3. The molecule has 1 unspecified atom stereocenters. The van der Waals surface area contributed by atoms with Crippen LogP contribution in [0.1, 0.15) is 5.56 Å². The highest BCUT2D eigenvalue weighted by atomic mass is 32.2. The summed E-state index contributed by atoms with van der Waals surface area (Å²) in [6, 6.07) is 11.1. The van der Waals surface area contributed by atoms with E-state index in [-0.39, 0.29) is 12.1 Å². The molecule has 0 aliphatic heterocycles. The maximum absolute atomic E-state index is 12.4. The maximum atomic E-state index is 12.4. The molecule has 1 atom stereocenters. The van der Waals surface area contributed by atoms with E-state index in [4.69, 9.17) is 9.47 Å². The zero-order chi connectivity index (χ0) is 20.5. The monoisotopic (exact) mass is 429 g/mol. The van der Waals surface area contributed by atoms with E-state index in [2.05, 4.69) is 9.71 Å². The molecule has 2 aromatic carbocycles. The molecule has 0 aliphatic rings. The summed E-state index contributed by atoms with van der Waals surface area (Å²) in [7, 11) is 3.13. The Hall–Kier alpha value is -2.72. The second-order valence-electron chi connectivity index (χ2n) is 6.27. The second-order valence-corrected chi connectivity index (χ2v) is 7.94. The lowest BCUT2D eigenvalue weighted by molar-refractivity contribution is 0.408. The first-order chi connectivity index (χ1) is 14.0. The standard InChI is InChI=1S/C20H18N2O5S2/c1-26-15-6-5-14-18(13-7-8-28-19(13)20(23)22-14)17(15)11-3-4-12(10-21-29(24)25)16(9-11)27-2/h3-9,21H,10H2,1-2H3,(H,22,23)(H,24,25)/p-1. The van der Waals surface area contributed by atoms with Crippen molar-refractivity contribution in [2.75, 3.05) is 14.2 Å². The molecule has 0 saturated carbocycles. The summed E-state index contributed by atoms with van der Waals surface area (Å²) in [5.74, 6) is 1.20. The molecule has 0 radical (unpaired) electrons. The zero-order valence-corrected chi connectivity index (χ0v) is 17.2. The Labute approximate surface area is 172 Å². The number of fused-ring (bicyclic) bond motifs is 3. The smallest absolute Gasteiger partial charge is 0.266 e. The number of hydrogen-bond acceptors (Lipinski definition) is 6. The topological polar surface area (TPSA) is 103 Å². The van der Waals surface area contributed by atoms with Crippen LogP contribution in [-0.4, -0.2) is 28.0 Å². The Kier molecular flexibility index (Phi) is 5.37. The van der Waals surface area contributed by atoms with Gasteiger partial charge in [-0.25, -0.2) is 4.72 Å². The molecule has 9 heteroatoms. The van der Waals surface area contributed by atoms with Crippen molar-refractivity contribution in [1.29, 1.82) is 0 Å². The fourth-order valence-electron chi connectivity index (χ4n) is 3.47. The van der Waals surface area contributed by atoms with Crippen molar-refractivity contribution in [2.45, 2.75) is 6.54 Å². The van der Waals surface area contributed by atoms with Crippen molar-refractivity contribution in [2.24, 2.45) is 0 Å². The lowest BCUT2D eigenvalue weighted by Gasteiger charge is -2.16. The molecule has 0 saturated heterocycles. The Balaban J connectivity index is 1.99. The van der Waals surface area contributed by atoms with Gasteiger partial charge in [-0.15, -0.1) is 11.3 Å². The van der Waals surface area contributed by atoms with Gasteiger partial charge in [0.25, 0.3) is 5.56 Å². The van der Waals surface area contributed by atoms with Gasteiger partial charge in [-0.3, -0.25) is 9.00 Å². The van der Waals surface area contributed by atoms with E-state index in [1.54, 1.807) is 7.11 Å². The molecule has 0 amide bonds. The molecule has 4 aromatic rings. The van der Waals surface area contributed by atoms with E-state index in [1.165, 1.54) is 18.4 Å². The Morgan fingerprint density at radius 2 is 1.93 bits per heavy atom. The van der Waals surface area contributed by atoms with Gasteiger partial charge >= 0.3 is 0 Å². The average Bonchev–Trinajstić information content (AvgIpc) is 3.22. The number of hydrogen-bond donors (Lipinski definition) is 2. The molecule has 4 rings (SSSR count). The molecule has 0 aliphatic carbocycles. The number of thiophene rings is 1. The van der Waals surface area contributed by atoms with Gasteiger partial charge in [0.2, 0.25) is 0 Å². The predicted octanol–water partition coefficient (Wildman–Crippen LogP) is 3.31. The first-order valence-electron chi connectivity index (χ1n) is 8.63. The van der Waals surface area contributed by atoms with Crippen LogP contribution < -0.4 is 19.8 Å². The minimum Gasteiger partial charge on any atom is -0.760 e. The van der Waals surface area contributed by atoms with Crippen LogP contribution in [0.4, 0.5) is 0 Å². The van der Waals surface area contributed by atoms with Crippen molar-refractivity contribution in [3.63, 3.8) is 0 Å². The van der Waals surface area contributed by atoms with Crippen LogP contribution in [0.2, 0.25) is 0 Å². The molecule has 2 heterocycles. The van der Waals surface area contributed by atoms with Gasteiger partial charge < -0.3 is 19.0 Å². The summed E-state index contributed by atoms with van der Waals surface area (Å²) in [6.45, 7) is 0.119. The molecule has 7 nitrogen and oxygen atoms in total. The van der Waals surface area contributed by atoms with Crippen molar-refractivity contribution in [3.8, 4) is 22.6 Å².